The van der Waals surface area contributed by atoms with Crippen molar-refractivity contribution < 1.29 is 14.2 Å². The molecule has 2 aromatic carbocycles. The molecule has 1 N–H and O–H groups in total. The van der Waals surface area contributed by atoms with Crippen molar-refractivity contribution in [1.82, 2.24) is 4.90 Å². The fourth-order valence-electron chi connectivity index (χ4n) is 3.31. The Morgan fingerprint density at radius 1 is 1.08 bits per heavy atom. The van der Waals surface area contributed by atoms with Crippen molar-refractivity contribution in [2.75, 3.05) is 19.5 Å². The number of halogens is 1. The van der Waals surface area contributed by atoms with Crippen molar-refractivity contribution >= 4 is 7.15 Å². The molecule has 5 heteroatoms. The Balaban J connectivity index is 1.73. The van der Waals surface area contributed by atoms with Crippen LogP contribution in [0.15, 0.2) is 48.5 Å². The summed E-state index contributed by atoms with van der Waals surface area (Å²) in [5, 5.41) is 11.0. The van der Waals surface area contributed by atoms with Gasteiger partial charge in [0, 0.05) is 0 Å². The number of benzene rings is 2. The molecule has 2 aromatic rings. The maximum absolute atomic E-state index is 13.0. The molecule has 1 saturated heterocycles. The van der Waals surface area contributed by atoms with E-state index in [1.165, 1.54) is 12.1 Å². The van der Waals surface area contributed by atoms with E-state index in [-0.39, 0.29) is 5.82 Å². The zero-order chi connectivity index (χ0) is 17.0. The molecule has 0 unspecified atom stereocenters. The second-order valence-corrected chi connectivity index (χ2v) is 6.50. The van der Waals surface area contributed by atoms with E-state index in [0.29, 0.717) is 25.7 Å². The van der Waals surface area contributed by atoms with Crippen LogP contribution in [0.3, 0.4) is 0 Å². The molecule has 124 valence electrons. The van der Waals surface area contributed by atoms with Gasteiger partial charge >= 0.3 is 131 Å². The molecule has 0 aliphatic carbocycles. The van der Waals surface area contributed by atoms with Crippen LogP contribution in [0.1, 0.15) is 29.5 Å². The summed E-state index contributed by atoms with van der Waals surface area (Å²) in [7, 11) is 0.910. The van der Waals surface area contributed by atoms with Gasteiger partial charge in [0.25, 0.3) is 0 Å². The zero-order valence-corrected chi connectivity index (χ0v) is 13.6. The number of likely N-dealkylation sites (tertiary alicyclic amines) is 1. The molecule has 0 amide bonds. The summed E-state index contributed by atoms with van der Waals surface area (Å²) >= 11 is 0. The van der Waals surface area contributed by atoms with Crippen molar-refractivity contribution in [2.24, 2.45) is 0 Å². The second kappa shape index (κ2) is 7.37. The van der Waals surface area contributed by atoms with Crippen LogP contribution in [0.2, 0.25) is 0 Å². The molecule has 0 radical (unpaired) electrons. The average Bonchev–Trinajstić information content (AvgIpc) is 2.60. The first-order chi connectivity index (χ1) is 11.6. The van der Waals surface area contributed by atoms with Gasteiger partial charge in [0.1, 0.15) is 5.82 Å². The Labute approximate surface area is 142 Å². The van der Waals surface area contributed by atoms with E-state index in [1.54, 1.807) is 12.1 Å². The molecule has 0 spiro atoms. The maximum atomic E-state index is 13.0. The van der Waals surface area contributed by atoms with Crippen molar-refractivity contribution in [3.05, 3.63) is 71.0 Å². The van der Waals surface area contributed by atoms with Gasteiger partial charge < -0.3 is 0 Å². The number of rotatable bonds is 5. The Kier molecular flexibility index (Phi) is 5.22. The summed E-state index contributed by atoms with van der Waals surface area (Å²) in [6.45, 7) is 1.44. The summed E-state index contributed by atoms with van der Waals surface area (Å²) in [5.74, 6) is -0.233. The molecular formula is C19H21BFNO2. The van der Waals surface area contributed by atoms with E-state index in [2.05, 4.69) is 4.90 Å². The van der Waals surface area contributed by atoms with Crippen LogP contribution in [0.4, 0.5) is 4.39 Å². The first-order valence-corrected chi connectivity index (χ1v) is 8.31. The van der Waals surface area contributed by atoms with Gasteiger partial charge in [-0.1, -0.05) is 0 Å². The summed E-state index contributed by atoms with van der Waals surface area (Å²) in [6, 6.07) is 14.5. The molecule has 3 nitrogen and oxygen atoms in total. The topological polar surface area (TPSA) is 40.5 Å². The normalized spacial score (nSPS) is 17.4. The van der Waals surface area contributed by atoms with Gasteiger partial charge in [-0.25, -0.2) is 4.39 Å². The number of aliphatic hydroxyl groups is 1. The monoisotopic (exact) mass is 325 g/mol. The SMILES string of the molecule is O=BCN1CCC(O)(c2cccc(Cc3ccc(F)cc3)c2)CC1. The van der Waals surface area contributed by atoms with Gasteiger partial charge in [0.05, 0.1) is 0 Å². The van der Waals surface area contributed by atoms with E-state index in [1.807, 2.05) is 24.3 Å². The molecule has 1 heterocycles. The van der Waals surface area contributed by atoms with Gasteiger partial charge in [0.15, 0.2) is 0 Å². The van der Waals surface area contributed by atoms with Gasteiger partial charge in [-0.05, 0) is 0 Å². The minimum atomic E-state index is -0.835. The van der Waals surface area contributed by atoms with Crippen molar-refractivity contribution in [3.8, 4) is 0 Å². The van der Waals surface area contributed by atoms with Crippen LogP contribution in [0.5, 0.6) is 0 Å². The Hall–Kier alpha value is -1.85. The van der Waals surface area contributed by atoms with Crippen molar-refractivity contribution in [3.63, 3.8) is 0 Å². The van der Waals surface area contributed by atoms with Crippen LogP contribution in [-0.2, 0) is 16.7 Å². The van der Waals surface area contributed by atoms with Crippen LogP contribution in [-0.4, -0.2) is 36.7 Å². The molecule has 1 aliphatic heterocycles. The van der Waals surface area contributed by atoms with E-state index >= 15 is 0 Å². The predicted molar refractivity (Wildman–Crippen MR) is 91.7 cm³/mol. The standard InChI is InChI=1S/C19H21BFNO2/c21-18-6-4-15(5-7-18)12-16-2-1-3-17(13-16)19(23)8-10-22(11-9-19)14-20-24/h1-7,13,23H,8-12,14H2. The third-order valence-corrected chi connectivity index (χ3v) is 4.80. The number of hydrogen-bond donors (Lipinski definition) is 1. The van der Waals surface area contributed by atoms with Crippen molar-refractivity contribution in [1.29, 1.82) is 0 Å². The van der Waals surface area contributed by atoms with Gasteiger partial charge in [-0.3, -0.25) is 0 Å². The van der Waals surface area contributed by atoms with Gasteiger partial charge in [-0.15, -0.1) is 0 Å². The molecule has 0 saturated carbocycles. The van der Waals surface area contributed by atoms with E-state index in [0.717, 1.165) is 36.9 Å². The Morgan fingerprint density at radius 2 is 1.79 bits per heavy atom. The molecule has 3 rings (SSSR count). The van der Waals surface area contributed by atoms with Crippen LogP contribution in [0, 0.1) is 5.82 Å². The van der Waals surface area contributed by atoms with E-state index in [4.69, 9.17) is 0 Å². The fourth-order valence-corrected chi connectivity index (χ4v) is 3.31. The summed E-state index contributed by atoms with van der Waals surface area (Å²) in [6.07, 6.45) is 2.39. The first-order valence-electron chi connectivity index (χ1n) is 8.31. The molecule has 1 fully saturated rings. The summed E-state index contributed by atoms with van der Waals surface area (Å²) in [5.41, 5.74) is 2.23. The van der Waals surface area contributed by atoms with Gasteiger partial charge in [0.2, 0.25) is 0 Å². The molecular weight excluding hydrogens is 304 g/mol. The fraction of sp³-hybridized carbons (Fsp3) is 0.368. The third-order valence-electron chi connectivity index (χ3n) is 4.80. The summed E-state index contributed by atoms with van der Waals surface area (Å²) < 4.78 is 23.6. The van der Waals surface area contributed by atoms with Gasteiger partial charge in [-0.2, -0.15) is 0 Å². The Bertz CT molecular complexity index is 697. The molecule has 0 atom stereocenters. The van der Waals surface area contributed by atoms with Crippen molar-refractivity contribution in [2.45, 2.75) is 24.9 Å². The second-order valence-electron chi connectivity index (χ2n) is 6.50. The van der Waals surface area contributed by atoms with Crippen LogP contribution >= 0.6 is 0 Å². The number of nitrogens with zero attached hydrogens (tertiary/aromatic N) is 1. The number of piperidine rings is 1. The van der Waals surface area contributed by atoms with Crippen LogP contribution in [0.25, 0.3) is 0 Å². The van der Waals surface area contributed by atoms with Crippen LogP contribution < -0.4 is 0 Å². The van der Waals surface area contributed by atoms with E-state index in [9.17, 15) is 14.2 Å². The molecule has 0 bridgehead atoms. The average molecular weight is 325 g/mol. The quantitative estimate of drug-likeness (QED) is 0.860. The third kappa shape index (κ3) is 3.97. The Morgan fingerprint density at radius 3 is 2.46 bits per heavy atom. The zero-order valence-electron chi connectivity index (χ0n) is 13.6. The number of hydrogen-bond acceptors (Lipinski definition) is 3. The molecule has 1 aliphatic rings. The minimum absolute atomic E-state index is 0.233. The molecule has 0 aromatic heterocycles. The first kappa shape index (κ1) is 17.0. The van der Waals surface area contributed by atoms with E-state index < -0.39 is 5.60 Å². The molecule has 24 heavy (non-hydrogen) atoms. The summed E-state index contributed by atoms with van der Waals surface area (Å²) in [4.78, 5) is 2.06. The predicted octanol–water partition coefficient (Wildman–Crippen LogP) is 2.71.